The number of carbonyl (C=O) groups is 1. The molecule has 0 bridgehead atoms. The first-order valence-corrected chi connectivity index (χ1v) is 12.2. The molecule has 1 aromatic heterocycles. The zero-order chi connectivity index (χ0) is 23.4. The lowest BCUT2D eigenvalue weighted by Crippen LogP contribution is -2.47. The van der Waals surface area contributed by atoms with Gasteiger partial charge >= 0.3 is 0 Å². The summed E-state index contributed by atoms with van der Waals surface area (Å²) in [5, 5.41) is 3.43. The number of rotatable bonds is 9. The Bertz CT molecular complexity index is 1030. The molecule has 1 saturated carbocycles. The average Bonchev–Trinajstić information content (AvgIpc) is 3.66. The molecule has 2 aliphatic rings. The zero-order valence-electron chi connectivity index (χ0n) is 20.2. The summed E-state index contributed by atoms with van der Waals surface area (Å²) in [7, 11) is 3.50. The van der Waals surface area contributed by atoms with Crippen LogP contribution in [0.3, 0.4) is 0 Å². The van der Waals surface area contributed by atoms with E-state index in [1.165, 1.54) is 16.7 Å². The molecule has 1 aromatic carbocycles. The minimum atomic E-state index is -0.142. The van der Waals surface area contributed by atoms with Crippen molar-refractivity contribution in [1.82, 2.24) is 14.8 Å². The summed E-state index contributed by atoms with van der Waals surface area (Å²) in [6.07, 6.45) is 6.82. The van der Waals surface area contributed by atoms with Gasteiger partial charge in [-0.3, -0.25) is 9.59 Å². The van der Waals surface area contributed by atoms with Crippen LogP contribution in [-0.4, -0.2) is 48.2 Å². The minimum Gasteiger partial charge on any atom is -0.385 e. The summed E-state index contributed by atoms with van der Waals surface area (Å²) in [5.74, 6) is 0.159. The number of benzene rings is 1. The lowest BCUT2D eigenvalue weighted by molar-refractivity contribution is -0.138. The van der Waals surface area contributed by atoms with Crippen LogP contribution in [0.4, 0.5) is 0 Å². The van der Waals surface area contributed by atoms with Crippen LogP contribution in [0.1, 0.15) is 53.9 Å². The number of nitrogens with zero attached hydrogens (tertiary/aromatic N) is 2. The van der Waals surface area contributed by atoms with Crippen LogP contribution >= 0.6 is 0 Å². The van der Waals surface area contributed by atoms with Crippen molar-refractivity contribution in [1.29, 1.82) is 0 Å². The van der Waals surface area contributed by atoms with Gasteiger partial charge in [-0.1, -0.05) is 18.2 Å². The minimum absolute atomic E-state index is 0.0165. The van der Waals surface area contributed by atoms with Crippen LogP contribution in [0.2, 0.25) is 0 Å². The van der Waals surface area contributed by atoms with E-state index in [1.807, 2.05) is 12.3 Å². The van der Waals surface area contributed by atoms with Gasteiger partial charge in [0.15, 0.2) is 0 Å². The van der Waals surface area contributed by atoms with Crippen molar-refractivity contribution in [3.63, 3.8) is 0 Å². The standard InChI is InChI=1S/C27H37N3O3/c1-19-6-7-20(5-4-14-33-3)15-22(19)18-30(23-8-9-23)27(32)25-17-28-12-10-24(25)21-11-13-29(2)26(31)16-21/h6-7,11,13,15-16,23-25,28H,4-5,8-10,12,14,17-18H2,1-3H3. The number of methoxy groups -OCH3 is 1. The molecule has 6 heteroatoms. The van der Waals surface area contributed by atoms with Crippen LogP contribution < -0.4 is 10.9 Å². The highest BCUT2D eigenvalue weighted by atomic mass is 16.5. The predicted molar refractivity (Wildman–Crippen MR) is 130 cm³/mol. The van der Waals surface area contributed by atoms with Crippen molar-refractivity contribution in [2.45, 2.75) is 57.5 Å². The highest BCUT2D eigenvalue weighted by Gasteiger charge is 2.40. The van der Waals surface area contributed by atoms with Gasteiger partial charge in [0.25, 0.3) is 5.56 Å². The number of pyridine rings is 1. The monoisotopic (exact) mass is 451 g/mol. The van der Waals surface area contributed by atoms with E-state index in [4.69, 9.17) is 4.74 Å². The van der Waals surface area contributed by atoms with E-state index in [0.717, 1.165) is 50.8 Å². The molecule has 1 saturated heterocycles. The molecule has 33 heavy (non-hydrogen) atoms. The fourth-order valence-corrected chi connectivity index (χ4v) is 4.95. The highest BCUT2D eigenvalue weighted by molar-refractivity contribution is 5.81. The predicted octanol–water partition coefficient (Wildman–Crippen LogP) is 3.16. The molecule has 1 amide bonds. The first-order valence-electron chi connectivity index (χ1n) is 12.2. The Hall–Kier alpha value is -2.44. The van der Waals surface area contributed by atoms with Gasteiger partial charge in [0.05, 0.1) is 5.92 Å². The third-order valence-electron chi connectivity index (χ3n) is 7.19. The van der Waals surface area contributed by atoms with Gasteiger partial charge in [-0.2, -0.15) is 0 Å². The van der Waals surface area contributed by atoms with Crippen LogP contribution in [0.5, 0.6) is 0 Å². The first-order chi connectivity index (χ1) is 16.0. The molecule has 1 aliphatic heterocycles. The summed E-state index contributed by atoms with van der Waals surface area (Å²) >= 11 is 0. The Balaban J connectivity index is 1.55. The molecule has 4 rings (SSSR count). The molecule has 6 nitrogen and oxygen atoms in total. The Kier molecular flexibility index (Phi) is 7.66. The molecular formula is C27H37N3O3. The van der Waals surface area contributed by atoms with Gasteiger partial charge in [-0.15, -0.1) is 0 Å². The van der Waals surface area contributed by atoms with E-state index in [2.05, 4.69) is 35.3 Å². The fourth-order valence-electron chi connectivity index (χ4n) is 4.95. The van der Waals surface area contributed by atoms with Crippen molar-refractivity contribution in [2.24, 2.45) is 13.0 Å². The number of piperidine rings is 1. The van der Waals surface area contributed by atoms with E-state index in [0.29, 0.717) is 19.1 Å². The summed E-state index contributed by atoms with van der Waals surface area (Å²) in [4.78, 5) is 28.3. The Morgan fingerprint density at radius 2 is 2.03 bits per heavy atom. The van der Waals surface area contributed by atoms with Gasteiger partial charge in [-0.25, -0.2) is 0 Å². The quantitative estimate of drug-likeness (QED) is 0.595. The van der Waals surface area contributed by atoms with Crippen molar-refractivity contribution < 1.29 is 9.53 Å². The number of hydrogen-bond acceptors (Lipinski definition) is 4. The van der Waals surface area contributed by atoms with Gasteiger partial charge in [-0.05, 0) is 79.8 Å². The molecule has 1 aliphatic carbocycles. The summed E-state index contributed by atoms with van der Waals surface area (Å²) in [6, 6.07) is 10.7. The SMILES string of the molecule is COCCCc1ccc(C)c(CN(C(=O)C2CNCCC2c2ccn(C)c(=O)c2)C2CC2)c1. The molecule has 178 valence electrons. The van der Waals surface area contributed by atoms with E-state index in [-0.39, 0.29) is 23.3 Å². The maximum Gasteiger partial charge on any atom is 0.250 e. The Labute approximate surface area is 196 Å². The van der Waals surface area contributed by atoms with Crippen LogP contribution in [0.15, 0.2) is 41.3 Å². The number of amides is 1. The highest BCUT2D eigenvalue weighted by Crippen LogP contribution is 2.36. The lowest BCUT2D eigenvalue weighted by atomic mass is 9.80. The van der Waals surface area contributed by atoms with Gasteiger partial charge < -0.3 is 19.5 Å². The average molecular weight is 452 g/mol. The fraction of sp³-hybridized carbons (Fsp3) is 0.556. The second-order valence-electron chi connectivity index (χ2n) is 9.67. The van der Waals surface area contributed by atoms with Gasteiger partial charge in [0.2, 0.25) is 5.91 Å². The molecule has 2 heterocycles. The molecule has 1 N–H and O–H groups in total. The van der Waals surface area contributed by atoms with Crippen molar-refractivity contribution in [2.75, 3.05) is 26.8 Å². The number of aryl methyl sites for hydroxylation is 3. The number of nitrogens with one attached hydrogen (secondary N) is 1. The topological polar surface area (TPSA) is 63.6 Å². The molecule has 2 atom stereocenters. The number of ether oxygens (including phenoxy) is 1. The van der Waals surface area contributed by atoms with Crippen molar-refractivity contribution in [3.05, 3.63) is 69.1 Å². The van der Waals surface area contributed by atoms with Gasteiger partial charge in [0, 0.05) is 52.2 Å². The van der Waals surface area contributed by atoms with E-state index in [1.54, 1.807) is 24.8 Å². The Morgan fingerprint density at radius 1 is 1.21 bits per heavy atom. The largest absolute Gasteiger partial charge is 0.385 e. The number of carbonyl (C=O) groups excluding carboxylic acids is 1. The lowest BCUT2D eigenvalue weighted by Gasteiger charge is -2.36. The van der Waals surface area contributed by atoms with Crippen molar-refractivity contribution >= 4 is 5.91 Å². The van der Waals surface area contributed by atoms with E-state index < -0.39 is 0 Å². The molecule has 2 fully saturated rings. The second-order valence-corrected chi connectivity index (χ2v) is 9.67. The van der Waals surface area contributed by atoms with E-state index in [9.17, 15) is 9.59 Å². The van der Waals surface area contributed by atoms with Crippen molar-refractivity contribution in [3.8, 4) is 0 Å². The normalized spacial score (nSPS) is 20.6. The first kappa shape index (κ1) is 23.7. The summed E-state index contributed by atoms with van der Waals surface area (Å²) < 4.78 is 6.78. The van der Waals surface area contributed by atoms with Gasteiger partial charge in [0.1, 0.15) is 0 Å². The smallest absolute Gasteiger partial charge is 0.250 e. The molecule has 2 unspecified atom stereocenters. The second kappa shape index (κ2) is 10.7. The zero-order valence-corrected chi connectivity index (χ0v) is 20.2. The molecule has 2 aromatic rings. The molecule has 0 spiro atoms. The maximum absolute atomic E-state index is 13.9. The van der Waals surface area contributed by atoms with Crippen LogP contribution in [0.25, 0.3) is 0 Å². The summed E-state index contributed by atoms with van der Waals surface area (Å²) in [6.45, 7) is 5.09. The number of hydrogen-bond donors (Lipinski definition) is 1. The Morgan fingerprint density at radius 3 is 2.76 bits per heavy atom. The molecule has 0 radical (unpaired) electrons. The number of aromatic nitrogens is 1. The third-order valence-corrected chi connectivity index (χ3v) is 7.19. The summed E-state index contributed by atoms with van der Waals surface area (Å²) in [5.41, 5.74) is 4.74. The van der Waals surface area contributed by atoms with Crippen LogP contribution in [-0.2, 0) is 29.5 Å². The molecular weight excluding hydrogens is 414 g/mol. The maximum atomic E-state index is 13.9. The van der Waals surface area contributed by atoms with E-state index >= 15 is 0 Å². The van der Waals surface area contributed by atoms with Crippen LogP contribution in [0, 0.1) is 12.8 Å². The third kappa shape index (κ3) is 5.74.